The van der Waals surface area contributed by atoms with Crippen LogP contribution < -0.4 is 0 Å². The van der Waals surface area contributed by atoms with Crippen molar-refractivity contribution in [1.29, 1.82) is 0 Å². The second kappa shape index (κ2) is 4.63. The number of hydrogen-bond acceptors (Lipinski definition) is 3. The molecule has 0 rings (SSSR count). The molecule has 0 spiro atoms. The highest BCUT2D eigenvalue weighted by atomic mass is 32.2. The van der Waals surface area contributed by atoms with Gasteiger partial charge in [0.25, 0.3) is 0 Å². The van der Waals surface area contributed by atoms with Crippen LogP contribution in [0.25, 0.3) is 10.4 Å². The van der Waals surface area contributed by atoms with Crippen molar-refractivity contribution in [3.8, 4) is 0 Å². The molecule has 14 heavy (non-hydrogen) atoms. The Balaban J connectivity index is 4.84. The average molecular weight is 231 g/mol. The van der Waals surface area contributed by atoms with Crippen molar-refractivity contribution in [2.75, 3.05) is 18.6 Å². The summed E-state index contributed by atoms with van der Waals surface area (Å²) in [4.78, 5) is 2.11. The molecule has 0 saturated heterocycles. The molecular formula is C5H8F3N3O2S. The van der Waals surface area contributed by atoms with Gasteiger partial charge in [-0.3, -0.25) is 4.21 Å². The number of rotatable bonds is 4. The van der Waals surface area contributed by atoms with E-state index in [9.17, 15) is 17.4 Å². The first kappa shape index (κ1) is 13.2. The van der Waals surface area contributed by atoms with Gasteiger partial charge in [0.15, 0.2) is 5.60 Å². The van der Waals surface area contributed by atoms with E-state index in [0.717, 1.165) is 6.26 Å². The Morgan fingerprint density at radius 3 is 2.36 bits per heavy atom. The fourth-order valence-corrected chi connectivity index (χ4v) is 1.63. The van der Waals surface area contributed by atoms with Gasteiger partial charge in [-0.05, 0) is 5.53 Å². The molecule has 9 heteroatoms. The molecule has 5 nitrogen and oxygen atoms in total. The van der Waals surface area contributed by atoms with E-state index in [2.05, 4.69) is 10.0 Å². The van der Waals surface area contributed by atoms with E-state index in [1.807, 2.05) is 0 Å². The monoisotopic (exact) mass is 231 g/mol. The first-order chi connectivity index (χ1) is 6.23. The summed E-state index contributed by atoms with van der Waals surface area (Å²) in [6, 6.07) is 0. The Morgan fingerprint density at radius 1 is 1.57 bits per heavy atom. The molecule has 0 aliphatic carbocycles. The molecule has 2 atom stereocenters. The molecule has 0 aromatic rings. The van der Waals surface area contributed by atoms with E-state index in [1.54, 1.807) is 0 Å². The van der Waals surface area contributed by atoms with E-state index in [1.165, 1.54) is 0 Å². The maximum atomic E-state index is 12.2. The third kappa shape index (κ3) is 3.52. The maximum Gasteiger partial charge on any atom is 0.418 e. The highest BCUT2D eigenvalue weighted by Gasteiger charge is 2.53. The van der Waals surface area contributed by atoms with E-state index in [-0.39, 0.29) is 0 Å². The van der Waals surface area contributed by atoms with Gasteiger partial charge < -0.3 is 5.11 Å². The van der Waals surface area contributed by atoms with Crippen molar-refractivity contribution in [3.05, 3.63) is 10.4 Å². The lowest BCUT2D eigenvalue weighted by atomic mass is 10.1. The molecule has 0 aromatic heterocycles. The predicted octanol–water partition coefficient (Wildman–Crippen LogP) is 0.969. The molecule has 82 valence electrons. The maximum absolute atomic E-state index is 12.2. The zero-order valence-corrected chi connectivity index (χ0v) is 7.97. The molecule has 0 bridgehead atoms. The van der Waals surface area contributed by atoms with Gasteiger partial charge in [-0.15, -0.1) is 0 Å². The molecular weight excluding hydrogens is 223 g/mol. The molecule has 0 fully saturated rings. The summed E-state index contributed by atoms with van der Waals surface area (Å²) in [5.74, 6) is -1.00. The Labute approximate surface area is 80.0 Å². The largest absolute Gasteiger partial charge is 0.418 e. The number of hydrogen-bond donors (Lipinski definition) is 1. The number of azide groups is 1. The summed E-state index contributed by atoms with van der Waals surface area (Å²) in [7, 11) is -1.84. The van der Waals surface area contributed by atoms with E-state index >= 15 is 0 Å². The smallest absolute Gasteiger partial charge is 0.380 e. The topological polar surface area (TPSA) is 86.1 Å². The van der Waals surface area contributed by atoms with Crippen molar-refractivity contribution in [3.63, 3.8) is 0 Å². The normalized spacial score (nSPS) is 18.1. The highest BCUT2D eigenvalue weighted by molar-refractivity contribution is 7.84. The second-order valence-corrected chi connectivity index (χ2v) is 4.07. The average Bonchev–Trinajstić information content (AvgIpc) is 1.97. The van der Waals surface area contributed by atoms with Crippen LogP contribution in [0.15, 0.2) is 5.11 Å². The molecule has 0 aliphatic rings. The molecule has 0 heterocycles. The zero-order chi connectivity index (χ0) is 11.4. The van der Waals surface area contributed by atoms with Gasteiger partial charge in [-0.2, -0.15) is 13.2 Å². The minimum atomic E-state index is -4.97. The lowest BCUT2D eigenvalue weighted by Crippen LogP contribution is -2.51. The summed E-state index contributed by atoms with van der Waals surface area (Å²) < 4.78 is 47.2. The van der Waals surface area contributed by atoms with Gasteiger partial charge >= 0.3 is 6.18 Å². The van der Waals surface area contributed by atoms with Crippen LogP contribution in [0.4, 0.5) is 13.2 Å². The van der Waals surface area contributed by atoms with Crippen LogP contribution in [0.2, 0.25) is 0 Å². The molecule has 0 aliphatic heterocycles. The quantitative estimate of drug-likeness (QED) is 0.444. The molecule has 1 N–H and O–H groups in total. The fourth-order valence-electron chi connectivity index (χ4n) is 0.702. The van der Waals surface area contributed by atoms with Crippen LogP contribution >= 0.6 is 0 Å². The van der Waals surface area contributed by atoms with Crippen LogP contribution in [0.1, 0.15) is 0 Å². The lowest BCUT2D eigenvalue weighted by Gasteiger charge is -2.27. The van der Waals surface area contributed by atoms with Gasteiger partial charge in [0, 0.05) is 22.0 Å². The van der Waals surface area contributed by atoms with Crippen molar-refractivity contribution in [2.45, 2.75) is 11.8 Å². The van der Waals surface area contributed by atoms with Crippen LogP contribution in [-0.4, -0.2) is 39.6 Å². The third-order valence-corrected chi connectivity index (χ3v) is 2.25. The molecule has 0 radical (unpaired) electrons. The van der Waals surface area contributed by atoms with Crippen LogP contribution in [0, 0.1) is 0 Å². The minimum absolute atomic E-state index is 1.00. The van der Waals surface area contributed by atoms with Crippen molar-refractivity contribution >= 4 is 10.8 Å². The van der Waals surface area contributed by atoms with Crippen molar-refractivity contribution in [2.24, 2.45) is 5.11 Å². The van der Waals surface area contributed by atoms with Gasteiger partial charge in [0.2, 0.25) is 0 Å². The fraction of sp³-hybridized carbons (Fsp3) is 1.00. The Morgan fingerprint density at radius 2 is 2.07 bits per heavy atom. The summed E-state index contributed by atoms with van der Waals surface area (Å²) in [5.41, 5.74) is 4.62. The van der Waals surface area contributed by atoms with E-state index < -0.39 is 34.9 Å². The first-order valence-electron chi connectivity index (χ1n) is 3.33. The summed E-state index contributed by atoms with van der Waals surface area (Å²) in [6.07, 6.45) is -3.94. The van der Waals surface area contributed by atoms with Crippen molar-refractivity contribution < 1.29 is 22.5 Å². The van der Waals surface area contributed by atoms with E-state index in [4.69, 9.17) is 10.6 Å². The Kier molecular flexibility index (Phi) is 4.37. The molecule has 2 unspecified atom stereocenters. The minimum Gasteiger partial charge on any atom is -0.380 e. The first-order valence-corrected chi connectivity index (χ1v) is 5.05. The van der Waals surface area contributed by atoms with Gasteiger partial charge in [0.1, 0.15) is 0 Å². The SMILES string of the molecule is CS(=O)CC(O)(CN=[N+]=[N-])C(F)(F)F. The lowest BCUT2D eigenvalue weighted by molar-refractivity contribution is -0.246. The standard InChI is InChI=1S/C5H8F3N3O2S/c1-14(13)3-4(12,2-10-11-9)5(6,7)8/h12H,2-3H2,1H3. The number of aliphatic hydroxyl groups is 1. The summed E-state index contributed by atoms with van der Waals surface area (Å²) >= 11 is 0. The predicted molar refractivity (Wildman–Crippen MR) is 44.0 cm³/mol. The van der Waals surface area contributed by atoms with E-state index in [0.29, 0.717) is 0 Å². The summed E-state index contributed by atoms with van der Waals surface area (Å²) in [5, 5.41) is 11.7. The van der Waals surface area contributed by atoms with Gasteiger partial charge in [-0.1, -0.05) is 5.11 Å². The van der Waals surface area contributed by atoms with Crippen molar-refractivity contribution in [1.82, 2.24) is 0 Å². The Hall–Kier alpha value is -0.790. The molecule has 0 saturated carbocycles. The van der Waals surface area contributed by atoms with Crippen LogP contribution in [0.5, 0.6) is 0 Å². The third-order valence-electron chi connectivity index (χ3n) is 1.37. The molecule has 0 amide bonds. The number of alkyl halides is 3. The highest BCUT2D eigenvalue weighted by Crippen LogP contribution is 2.31. The van der Waals surface area contributed by atoms with Crippen LogP contribution in [0.3, 0.4) is 0 Å². The number of halogens is 3. The van der Waals surface area contributed by atoms with Gasteiger partial charge in [-0.25, -0.2) is 0 Å². The molecule has 0 aromatic carbocycles. The van der Waals surface area contributed by atoms with Crippen LogP contribution in [-0.2, 0) is 10.8 Å². The zero-order valence-electron chi connectivity index (χ0n) is 7.15. The Bertz CT molecular complexity index is 270. The second-order valence-electron chi connectivity index (χ2n) is 2.64. The number of nitrogens with zero attached hydrogens (tertiary/aromatic N) is 3. The van der Waals surface area contributed by atoms with Gasteiger partial charge in [0.05, 0.1) is 12.3 Å². The summed E-state index contributed by atoms with van der Waals surface area (Å²) in [6.45, 7) is -1.17.